The van der Waals surface area contributed by atoms with E-state index in [4.69, 9.17) is 16.7 Å². The Morgan fingerprint density at radius 1 is 1.56 bits per heavy atom. The Morgan fingerprint density at radius 2 is 2.28 bits per heavy atom. The van der Waals surface area contributed by atoms with Crippen LogP contribution in [0.3, 0.4) is 0 Å². The molecule has 0 aliphatic carbocycles. The zero-order valence-electron chi connectivity index (χ0n) is 10.6. The first-order chi connectivity index (χ1) is 8.58. The third-order valence-corrected chi connectivity index (χ3v) is 3.58. The minimum absolute atomic E-state index is 0.00687. The maximum absolute atomic E-state index is 12.1. The highest BCUT2D eigenvalue weighted by Gasteiger charge is 2.14. The molecule has 1 atom stereocenters. The largest absolute Gasteiger partial charge is 0.396 e. The lowest BCUT2D eigenvalue weighted by atomic mass is 10.1. The van der Waals surface area contributed by atoms with Crippen LogP contribution in [0.2, 0.25) is 5.02 Å². The van der Waals surface area contributed by atoms with Crippen molar-refractivity contribution in [3.63, 3.8) is 0 Å². The second-order valence-corrected chi connectivity index (χ2v) is 5.44. The number of halogens is 1. The highest BCUT2D eigenvalue weighted by atomic mass is 35.5. The summed E-state index contributed by atoms with van der Waals surface area (Å²) in [6.07, 6.45) is 2.54. The molecule has 0 bridgehead atoms. The van der Waals surface area contributed by atoms with E-state index in [0.717, 1.165) is 11.3 Å². The van der Waals surface area contributed by atoms with Crippen molar-refractivity contribution in [1.29, 1.82) is 0 Å². The number of thioether (sulfide) groups is 1. The molecule has 1 rings (SSSR count). The Kier molecular flexibility index (Phi) is 6.54. The van der Waals surface area contributed by atoms with Crippen LogP contribution < -0.4 is 5.32 Å². The predicted octanol–water partition coefficient (Wildman–Crippen LogP) is 2.49. The van der Waals surface area contributed by atoms with E-state index in [1.807, 2.05) is 13.2 Å². The maximum atomic E-state index is 12.1. The number of aliphatic hydroxyl groups excluding tert-OH is 1. The number of nitrogens with one attached hydrogen (secondary N) is 1. The third-order valence-electron chi connectivity index (χ3n) is 2.61. The van der Waals surface area contributed by atoms with E-state index in [2.05, 4.69) is 5.32 Å². The van der Waals surface area contributed by atoms with E-state index in [1.54, 1.807) is 30.0 Å². The van der Waals surface area contributed by atoms with E-state index < -0.39 is 0 Å². The fourth-order valence-corrected chi connectivity index (χ4v) is 2.58. The Morgan fingerprint density at radius 3 is 2.83 bits per heavy atom. The molecule has 0 aliphatic rings. The Labute approximate surface area is 117 Å². The van der Waals surface area contributed by atoms with Crippen molar-refractivity contribution in [2.75, 3.05) is 18.6 Å². The molecular formula is C13H18ClNO2S. The van der Waals surface area contributed by atoms with Crippen molar-refractivity contribution in [3.8, 4) is 0 Å². The molecule has 0 radical (unpaired) electrons. The van der Waals surface area contributed by atoms with Crippen molar-refractivity contribution in [3.05, 3.63) is 34.3 Å². The van der Waals surface area contributed by atoms with Gasteiger partial charge in [-0.15, -0.1) is 0 Å². The highest BCUT2D eigenvalue weighted by molar-refractivity contribution is 7.98. The summed E-state index contributed by atoms with van der Waals surface area (Å²) in [5.74, 6) is 0.676. The van der Waals surface area contributed by atoms with Gasteiger partial charge in [0.15, 0.2) is 0 Å². The lowest BCUT2D eigenvalue weighted by Crippen LogP contribution is -2.37. The first kappa shape index (κ1) is 15.3. The quantitative estimate of drug-likeness (QED) is 0.845. The van der Waals surface area contributed by atoms with E-state index in [9.17, 15) is 4.79 Å². The van der Waals surface area contributed by atoms with Crippen molar-refractivity contribution in [2.45, 2.75) is 19.4 Å². The molecule has 1 aromatic carbocycles. The van der Waals surface area contributed by atoms with Crippen molar-refractivity contribution in [2.24, 2.45) is 0 Å². The minimum Gasteiger partial charge on any atom is -0.396 e. The van der Waals surface area contributed by atoms with Gasteiger partial charge in [-0.25, -0.2) is 0 Å². The van der Waals surface area contributed by atoms with Crippen molar-refractivity contribution < 1.29 is 9.90 Å². The maximum Gasteiger partial charge on any atom is 0.251 e. The van der Waals surface area contributed by atoms with Gasteiger partial charge in [0.2, 0.25) is 0 Å². The molecule has 0 spiro atoms. The minimum atomic E-state index is -0.114. The molecule has 18 heavy (non-hydrogen) atoms. The van der Waals surface area contributed by atoms with Crippen LogP contribution in [-0.2, 0) is 0 Å². The molecule has 0 fully saturated rings. The number of hydrogen-bond acceptors (Lipinski definition) is 3. The summed E-state index contributed by atoms with van der Waals surface area (Å²) >= 11 is 7.51. The van der Waals surface area contributed by atoms with Gasteiger partial charge in [-0.05, 0) is 43.4 Å². The molecule has 0 aliphatic heterocycles. The SMILES string of the molecule is CSC[C@@H](CCO)NC(=O)c1ccc(Cl)cc1C. The fraction of sp³-hybridized carbons (Fsp3) is 0.462. The molecule has 0 unspecified atom stereocenters. The molecule has 1 amide bonds. The van der Waals surface area contributed by atoms with Gasteiger partial charge in [-0.1, -0.05) is 11.6 Å². The Balaban J connectivity index is 2.73. The second kappa shape index (κ2) is 7.67. The Hall–Kier alpha value is -0.710. The number of benzene rings is 1. The van der Waals surface area contributed by atoms with E-state index in [-0.39, 0.29) is 18.6 Å². The summed E-state index contributed by atoms with van der Waals surface area (Å²) < 4.78 is 0. The monoisotopic (exact) mass is 287 g/mol. The number of rotatable bonds is 6. The highest BCUT2D eigenvalue weighted by Crippen LogP contribution is 2.15. The number of amides is 1. The number of aryl methyl sites for hydroxylation is 1. The number of carbonyl (C=O) groups is 1. The van der Waals surface area contributed by atoms with Gasteiger partial charge in [-0.3, -0.25) is 4.79 Å². The van der Waals surface area contributed by atoms with Crippen molar-refractivity contribution in [1.82, 2.24) is 5.32 Å². The molecule has 5 heteroatoms. The molecule has 0 heterocycles. The normalized spacial score (nSPS) is 12.2. The predicted molar refractivity (Wildman–Crippen MR) is 77.5 cm³/mol. The van der Waals surface area contributed by atoms with Crippen LogP contribution in [-0.4, -0.2) is 35.7 Å². The number of aliphatic hydroxyl groups is 1. The van der Waals surface area contributed by atoms with Crippen LogP contribution in [0.25, 0.3) is 0 Å². The summed E-state index contributed by atoms with van der Waals surface area (Å²) in [4.78, 5) is 12.1. The molecule has 3 nitrogen and oxygen atoms in total. The first-order valence-electron chi connectivity index (χ1n) is 5.75. The van der Waals surface area contributed by atoms with Gasteiger partial charge in [-0.2, -0.15) is 11.8 Å². The van der Waals surface area contributed by atoms with Crippen LogP contribution in [0.15, 0.2) is 18.2 Å². The average Bonchev–Trinajstić information content (AvgIpc) is 2.29. The topological polar surface area (TPSA) is 49.3 Å². The third kappa shape index (κ3) is 4.52. The fourth-order valence-electron chi connectivity index (χ4n) is 1.70. The summed E-state index contributed by atoms with van der Waals surface area (Å²) in [6.45, 7) is 1.93. The molecule has 0 aromatic heterocycles. The summed E-state index contributed by atoms with van der Waals surface area (Å²) in [5.41, 5.74) is 1.48. The van der Waals surface area contributed by atoms with Crippen LogP contribution in [0, 0.1) is 6.92 Å². The van der Waals surface area contributed by atoms with Crippen LogP contribution in [0.5, 0.6) is 0 Å². The number of carbonyl (C=O) groups excluding carboxylic acids is 1. The lowest BCUT2D eigenvalue weighted by Gasteiger charge is -2.17. The van der Waals surface area contributed by atoms with Crippen LogP contribution in [0.1, 0.15) is 22.3 Å². The number of hydrogen-bond donors (Lipinski definition) is 2. The van der Waals surface area contributed by atoms with Crippen molar-refractivity contribution >= 4 is 29.3 Å². The van der Waals surface area contributed by atoms with Gasteiger partial charge < -0.3 is 10.4 Å². The molecule has 0 saturated carbocycles. The van der Waals surface area contributed by atoms with E-state index >= 15 is 0 Å². The van der Waals surface area contributed by atoms with Gasteiger partial charge in [0.25, 0.3) is 5.91 Å². The molecule has 100 valence electrons. The van der Waals surface area contributed by atoms with Gasteiger partial charge in [0.1, 0.15) is 0 Å². The lowest BCUT2D eigenvalue weighted by molar-refractivity contribution is 0.0934. The van der Waals surface area contributed by atoms with E-state index in [0.29, 0.717) is 17.0 Å². The molecule has 2 N–H and O–H groups in total. The van der Waals surface area contributed by atoms with Gasteiger partial charge in [0, 0.05) is 29.0 Å². The van der Waals surface area contributed by atoms with Gasteiger partial charge in [0.05, 0.1) is 0 Å². The molecule has 1 aromatic rings. The smallest absolute Gasteiger partial charge is 0.251 e. The second-order valence-electron chi connectivity index (χ2n) is 4.10. The molecular weight excluding hydrogens is 270 g/mol. The van der Waals surface area contributed by atoms with Gasteiger partial charge >= 0.3 is 0 Å². The summed E-state index contributed by atoms with van der Waals surface area (Å²) in [6, 6.07) is 5.19. The Bertz CT molecular complexity index is 406. The van der Waals surface area contributed by atoms with Crippen LogP contribution >= 0.6 is 23.4 Å². The average molecular weight is 288 g/mol. The first-order valence-corrected chi connectivity index (χ1v) is 7.52. The zero-order valence-corrected chi connectivity index (χ0v) is 12.1. The summed E-state index contributed by atoms with van der Waals surface area (Å²) in [7, 11) is 0. The standard InChI is InChI=1S/C13H18ClNO2S/c1-9-7-10(14)3-4-12(9)13(17)15-11(5-6-16)8-18-2/h3-4,7,11,16H,5-6,8H2,1-2H3,(H,15,17)/t11-/m1/s1. The zero-order chi connectivity index (χ0) is 13.5. The molecule has 0 saturated heterocycles. The van der Waals surface area contributed by atoms with Crippen LogP contribution in [0.4, 0.5) is 0 Å². The summed E-state index contributed by atoms with van der Waals surface area (Å²) in [5, 5.41) is 12.5. The van der Waals surface area contributed by atoms with E-state index in [1.165, 1.54) is 0 Å².